The molecule has 118 valence electrons. The van der Waals surface area contributed by atoms with Crippen molar-refractivity contribution in [1.29, 1.82) is 0 Å². The van der Waals surface area contributed by atoms with Crippen LogP contribution in [0.15, 0.2) is 41.8 Å². The summed E-state index contributed by atoms with van der Waals surface area (Å²) in [6, 6.07) is 6.00. The van der Waals surface area contributed by atoms with E-state index < -0.39 is 0 Å². The smallest absolute Gasteiger partial charge is 0.232 e. The Morgan fingerprint density at radius 3 is 2.70 bits per heavy atom. The van der Waals surface area contributed by atoms with E-state index in [-0.39, 0.29) is 11.7 Å². The molecule has 0 saturated carbocycles. The van der Waals surface area contributed by atoms with Crippen LogP contribution < -0.4 is 0 Å². The minimum Gasteiger partial charge on any atom is -0.348 e. The van der Waals surface area contributed by atoms with E-state index in [2.05, 4.69) is 15.1 Å². The summed E-state index contributed by atoms with van der Waals surface area (Å²) in [4.78, 5) is 21.7. The van der Waals surface area contributed by atoms with Gasteiger partial charge >= 0.3 is 0 Å². The van der Waals surface area contributed by atoms with Crippen LogP contribution >= 0.6 is 11.8 Å². The summed E-state index contributed by atoms with van der Waals surface area (Å²) in [7, 11) is 3.43. The fourth-order valence-corrected chi connectivity index (χ4v) is 2.91. The summed E-state index contributed by atoms with van der Waals surface area (Å²) < 4.78 is 14.7. The van der Waals surface area contributed by atoms with Gasteiger partial charge in [0.25, 0.3) is 0 Å². The fraction of sp³-hybridized carbons (Fsp3) is 0.200. The molecular formula is C15H14FN5OS. The number of aromatic nitrogens is 4. The Morgan fingerprint density at radius 2 is 2.00 bits per heavy atom. The van der Waals surface area contributed by atoms with Crippen LogP contribution in [-0.4, -0.2) is 50.4 Å². The van der Waals surface area contributed by atoms with Gasteiger partial charge in [-0.15, -0.1) is 0 Å². The van der Waals surface area contributed by atoms with Crippen molar-refractivity contribution in [2.24, 2.45) is 0 Å². The molecule has 0 spiro atoms. The Kier molecular flexibility index (Phi) is 4.24. The Hall–Kier alpha value is -2.48. The average molecular weight is 331 g/mol. The van der Waals surface area contributed by atoms with Crippen molar-refractivity contribution in [1.82, 2.24) is 24.6 Å². The molecule has 23 heavy (non-hydrogen) atoms. The summed E-state index contributed by atoms with van der Waals surface area (Å²) in [5, 5.41) is 5.75. The molecule has 0 aliphatic rings. The molecule has 1 amide bonds. The van der Waals surface area contributed by atoms with Crippen LogP contribution in [0, 0.1) is 5.82 Å². The zero-order chi connectivity index (χ0) is 16.4. The van der Waals surface area contributed by atoms with E-state index in [1.54, 1.807) is 37.1 Å². The minimum absolute atomic E-state index is 0.00712. The van der Waals surface area contributed by atoms with E-state index in [9.17, 15) is 9.18 Å². The molecule has 3 rings (SSSR count). The first-order chi connectivity index (χ1) is 11.1. The zero-order valence-corrected chi connectivity index (χ0v) is 13.4. The molecule has 8 heteroatoms. The normalized spacial score (nSPS) is 10.9. The predicted octanol–water partition coefficient (Wildman–Crippen LogP) is 2.13. The highest BCUT2D eigenvalue weighted by atomic mass is 32.2. The third-order valence-electron chi connectivity index (χ3n) is 3.23. The molecule has 0 N–H and O–H groups in total. The van der Waals surface area contributed by atoms with E-state index in [1.807, 2.05) is 0 Å². The lowest BCUT2D eigenvalue weighted by molar-refractivity contribution is -0.125. The summed E-state index contributed by atoms with van der Waals surface area (Å²) >= 11 is 1.34. The van der Waals surface area contributed by atoms with Gasteiger partial charge in [0, 0.05) is 14.1 Å². The Bertz CT molecular complexity index is 847. The molecule has 0 saturated heterocycles. The van der Waals surface area contributed by atoms with Crippen molar-refractivity contribution in [3.05, 3.63) is 42.6 Å². The number of hydrogen-bond donors (Lipinski definition) is 0. The first-order valence-corrected chi connectivity index (χ1v) is 7.82. The van der Waals surface area contributed by atoms with Crippen molar-refractivity contribution in [2.45, 2.75) is 5.03 Å². The largest absolute Gasteiger partial charge is 0.348 e. The van der Waals surface area contributed by atoms with Gasteiger partial charge in [0.15, 0.2) is 5.65 Å². The van der Waals surface area contributed by atoms with E-state index >= 15 is 0 Å². The number of nitrogens with zero attached hydrogens (tertiary/aromatic N) is 5. The molecule has 0 aliphatic heterocycles. The van der Waals surface area contributed by atoms with Crippen molar-refractivity contribution >= 4 is 28.7 Å². The number of carbonyl (C=O) groups is 1. The molecule has 0 fully saturated rings. The van der Waals surface area contributed by atoms with E-state index in [1.165, 1.54) is 35.1 Å². The molecule has 0 unspecified atom stereocenters. The number of thioether (sulfide) groups is 1. The average Bonchev–Trinajstić information content (AvgIpc) is 2.97. The Morgan fingerprint density at radius 1 is 1.26 bits per heavy atom. The minimum atomic E-state index is -0.307. The molecule has 0 aliphatic carbocycles. The van der Waals surface area contributed by atoms with Crippen molar-refractivity contribution in [3.8, 4) is 5.69 Å². The second-order valence-electron chi connectivity index (χ2n) is 5.03. The maximum absolute atomic E-state index is 13.1. The van der Waals surface area contributed by atoms with Crippen LogP contribution in [0.4, 0.5) is 4.39 Å². The summed E-state index contributed by atoms with van der Waals surface area (Å²) in [6.45, 7) is 0. The first kappa shape index (κ1) is 15.4. The topological polar surface area (TPSA) is 63.9 Å². The molecule has 1 aromatic carbocycles. The van der Waals surface area contributed by atoms with Gasteiger partial charge in [-0.25, -0.2) is 19.0 Å². The lowest BCUT2D eigenvalue weighted by Gasteiger charge is -2.09. The number of benzene rings is 1. The first-order valence-electron chi connectivity index (χ1n) is 6.84. The Labute approximate surface area is 136 Å². The van der Waals surface area contributed by atoms with Crippen LogP contribution in [-0.2, 0) is 4.79 Å². The van der Waals surface area contributed by atoms with Crippen molar-refractivity contribution in [3.63, 3.8) is 0 Å². The van der Waals surface area contributed by atoms with Crippen molar-refractivity contribution < 1.29 is 9.18 Å². The molecule has 3 aromatic rings. The molecule has 0 radical (unpaired) electrons. The van der Waals surface area contributed by atoms with Gasteiger partial charge < -0.3 is 4.90 Å². The van der Waals surface area contributed by atoms with Gasteiger partial charge in [-0.2, -0.15) is 5.10 Å². The number of hydrogen-bond acceptors (Lipinski definition) is 5. The number of halogens is 1. The summed E-state index contributed by atoms with van der Waals surface area (Å²) in [6.07, 6.45) is 3.09. The van der Waals surface area contributed by atoms with E-state index in [0.29, 0.717) is 22.1 Å². The highest BCUT2D eigenvalue weighted by molar-refractivity contribution is 8.00. The van der Waals surface area contributed by atoms with Crippen LogP contribution in [0.1, 0.15) is 0 Å². The molecule has 0 bridgehead atoms. The molecule has 0 atom stereocenters. The van der Waals surface area contributed by atoms with Gasteiger partial charge in [-0.05, 0) is 24.3 Å². The lowest BCUT2D eigenvalue weighted by Crippen LogP contribution is -2.23. The fourth-order valence-electron chi connectivity index (χ4n) is 1.97. The third-order valence-corrected chi connectivity index (χ3v) is 4.22. The molecular weight excluding hydrogens is 317 g/mol. The van der Waals surface area contributed by atoms with Crippen LogP contribution in [0.2, 0.25) is 0 Å². The second-order valence-corrected chi connectivity index (χ2v) is 5.99. The monoisotopic (exact) mass is 331 g/mol. The maximum Gasteiger partial charge on any atom is 0.232 e. The third kappa shape index (κ3) is 3.16. The van der Waals surface area contributed by atoms with Crippen LogP contribution in [0.5, 0.6) is 0 Å². The van der Waals surface area contributed by atoms with Gasteiger partial charge in [0.2, 0.25) is 5.91 Å². The van der Waals surface area contributed by atoms with Crippen molar-refractivity contribution in [2.75, 3.05) is 19.8 Å². The van der Waals surface area contributed by atoms with E-state index in [4.69, 9.17) is 0 Å². The zero-order valence-electron chi connectivity index (χ0n) is 12.6. The molecule has 6 nitrogen and oxygen atoms in total. The molecule has 2 aromatic heterocycles. The van der Waals surface area contributed by atoms with Gasteiger partial charge in [-0.1, -0.05) is 11.8 Å². The van der Waals surface area contributed by atoms with Gasteiger partial charge in [0.1, 0.15) is 17.2 Å². The quantitative estimate of drug-likeness (QED) is 0.541. The second kappa shape index (κ2) is 6.33. The number of carbonyl (C=O) groups excluding carboxylic acids is 1. The SMILES string of the molecule is CN(C)C(=O)CSc1ncnc2c1cnn2-c1ccc(F)cc1. The summed E-state index contributed by atoms with van der Waals surface area (Å²) in [5.74, 6) is -0.00753. The number of fused-ring (bicyclic) bond motifs is 1. The van der Waals surface area contributed by atoms with Gasteiger partial charge in [0.05, 0.1) is 23.0 Å². The van der Waals surface area contributed by atoms with E-state index in [0.717, 1.165) is 5.39 Å². The van der Waals surface area contributed by atoms with Gasteiger partial charge in [-0.3, -0.25) is 4.79 Å². The highest BCUT2D eigenvalue weighted by Gasteiger charge is 2.13. The summed E-state index contributed by atoms with van der Waals surface area (Å²) in [5.41, 5.74) is 1.33. The van der Waals surface area contributed by atoms with Crippen LogP contribution in [0.3, 0.4) is 0 Å². The predicted molar refractivity (Wildman–Crippen MR) is 86.0 cm³/mol. The number of amides is 1. The Balaban J connectivity index is 1.94. The lowest BCUT2D eigenvalue weighted by atomic mass is 10.3. The highest BCUT2D eigenvalue weighted by Crippen LogP contribution is 2.25. The van der Waals surface area contributed by atoms with Crippen LogP contribution in [0.25, 0.3) is 16.7 Å². The maximum atomic E-state index is 13.1. The molecule has 2 heterocycles. The number of rotatable bonds is 4. The standard InChI is InChI=1S/C15H14FN5OS/c1-20(2)13(22)8-23-15-12-7-19-21(14(12)17-9-18-15)11-5-3-10(16)4-6-11/h3-7,9H,8H2,1-2H3.